The van der Waals surface area contributed by atoms with Crippen LogP contribution in [0.3, 0.4) is 0 Å². The fourth-order valence-electron chi connectivity index (χ4n) is 1.08. The summed E-state index contributed by atoms with van der Waals surface area (Å²) in [6, 6.07) is 2.08. The number of fused-ring (bicyclic) bond motifs is 1. The minimum Gasteiger partial charge on any atom is -0.361 e. The second-order valence-electron chi connectivity index (χ2n) is 2.27. The van der Waals surface area contributed by atoms with E-state index in [0.717, 1.165) is 6.42 Å². The van der Waals surface area contributed by atoms with Crippen LogP contribution < -0.4 is 0 Å². The van der Waals surface area contributed by atoms with Crippen molar-refractivity contribution >= 4 is 12.3 Å². The highest BCUT2D eigenvalue weighted by molar-refractivity contribution is 5.68. The van der Waals surface area contributed by atoms with E-state index in [1.54, 1.807) is 0 Å². The fraction of sp³-hybridized carbons (Fsp3) is 0.125. The summed E-state index contributed by atoms with van der Waals surface area (Å²) in [7, 11) is 0. The third-order valence-electron chi connectivity index (χ3n) is 1.61. The molecule has 0 fully saturated rings. The molecule has 0 radical (unpaired) electrons. The van der Waals surface area contributed by atoms with E-state index in [1.807, 2.05) is 24.7 Å². The lowest BCUT2D eigenvalue weighted by Crippen LogP contribution is -1.83. The first-order valence-electron chi connectivity index (χ1n) is 3.31. The van der Waals surface area contributed by atoms with E-state index in [-0.39, 0.29) is 0 Å². The molecule has 0 atom stereocenters. The Hall–Kier alpha value is -1.31. The van der Waals surface area contributed by atoms with Gasteiger partial charge in [0.25, 0.3) is 0 Å². The number of aromatic nitrogens is 1. The molecule has 2 nitrogen and oxygen atoms in total. The smallest absolute Gasteiger partial charge is 0.0432 e. The van der Waals surface area contributed by atoms with Gasteiger partial charge in [-0.3, -0.25) is 4.99 Å². The van der Waals surface area contributed by atoms with Gasteiger partial charge in [-0.05, 0) is 17.7 Å². The molecule has 1 aliphatic rings. The molecule has 1 aromatic rings. The Labute approximate surface area is 59.3 Å². The number of nitrogens with zero attached hydrogens (tertiary/aromatic N) is 1. The quantitative estimate of drug-likeness (QED) is 0.555. The number of hydrogen-bond donors (Lipinski definition) is 1. The maximum Gasteiger partial charge on any atom is 0.0432 e. The summed E-state index contributed by atoms with van der Waals surface area (Å²) in [6.45, 7) is 0. The molecule has 1 N–H and O–H groups in total. The molecular formula is C8H8N2. The molecule has 2 rings (SSSR count). The Kier molecular flexibility index (Phi) is 1.17. The first-order valence-corrected chi connectivity index (χ1v) is 3.31. The van der Waals surface area contributed by atoms with Crippen LogP contribution in [0.2, 0.25) is 0 Å². The first kappa shape index (κ1) is 5.47. The summed E-state index contributed by atoms with van der Waals surface area (Å²) in [4.78, 5) is 7.16. The lowest BCUT2D eigenvalue weighted by Gasteiger charge is -1.88. The number of H-pyrrole nitrogens is 1. The molecule has 0 unspecified atom stereocenters. The summed E-state index contributed by atoms with van der Waals surface area (Å²) in [6.07, 6.45) is 8.59. The summed E-state index contributed by atoms with van der Waals surface area (Å²) in [5, 5.41) is 0. The third kappa shape index (κ3) is 0.778. The zero-order valence-corrected chi connectivity index (χ0v) is 5.54. The van der Waals surface area contributed by atoms with Crippen LogP contribution in [-0.2, 0) is 6.42 Å². The van der Waals surface area contributed by atoms with Crippen molar-refractivity contribution in [3.8, 4) is 0 Å². The van der Waals surface area contributed by atoms with Gasteiger partial charge in [-0.2, -0.15) is 0 Å². The first-order chi connectivity index (χ1) is 4.97. The Morgan fingerprint density at radius 3 is 3.50 bits per heavy atom. The van der Waals surface area contributed by atoms with Crippen LogP contribution in [0.25, 0.3) is 6.08 Å². The van der Waals surface area contributed by atoms with Crippen LogP contribution in [0.1, 0.15) is 11.3 Å². The van der Waals surface area contributed by atoms with Crippen molar-refractivity contribution in [2.45, 2.75) is 6.42 Å². The SMILES string of the molecule is C1=Cc2[nH]ccc2CC=N1. The normalized spacial score (nSPS) is 14.8. The minimum atomic E-state index is 0.936. The van der Waals surface area contributed by atoms with E-state index in [1.165, 1.54) is 11.3 Å². The van der Waals surface area contributed by atoms with Crippen molar-refractivity contribution in [3.63, 3.8) is 0 Å². The molecule has 0 bridgehead atoms. The second-order valence-corrected chi connectivity index (χ2v) is 2.27. The van der Waals surface area contributed by atoms with Crippen LogP contribution in [0, 0.1) is 0 Å². The van der Waals surface area contributed by atoms with Gasteiger partial charge in [-0.15, -0.1) is 0 Å². The van der Waals surface area contributed by atoms with Crippen molar-refractivity contribution in [3.05, 3.63) is 29.7 Å². The maximum absolute atomic E-state index is 4.03. The molecule has 0 amide bonds. The maximum atomic E-state index is 4.03. The molecular weight excluding hydrogens is 124 g/mol. The minimum absolute atomic E-state index is 0.936. The van der Waals surface area contributed by atoms with Crippen LogP contribution in [-0.4, -0.2) is 11.2 Å². The standard InChI is InChI=1S/C8H8N2/c1-4-9-5-3-8-7(1)2-6-10-8/h2-6,10H,1H2. The molecule has 2 heterocycles. The van der Waals surface area contributed by atoms with Crippen LogP contribution in [0.15, 0.2) is 23.5 Å². The highest BCUT2D eigenvalue weighted by atomic mass is 14.7. The monoisotopic (exact) mass is 132 g/mol. The Morgan fingerprint density at radius 1 is 1.50 bits per heavy atom. The number of aliphatic imine (C=N–C) groups is 1. The molecule has 1 aromatic heterocycles. The lowest BCUT2D eigenvalue weighted by atomic mass is 10.2. The van der Waals surface area contributed by atoms with Gasteiger partial charge in [0.2, 0.25) is 0 Å². The van der Waals surface area contributed by atoms with Crippen molar-refractivity contribution in [2.75, 3.05) is 0 Å². The van der Waals surface area contributed by atoms with Gasteiger partial charge in [-0.1, -0.05) is 0 Å². The van der Waals surface area contributed by atoms with Gasteiger partial charge in [0.1, 0.15) is 0 Å². The average molecular weight is 132 g/mol. The summed E-state index contributed by atoms with van der Waals surface area (Å²) >= 11 is 0. The van der Waals surface area contributed by atoms with Crippen molar-refractivity contribution in [2.24, 2.45) is 4.99 Å². The number of rotatable bonds is 0. The molecule has 1 aliphatic heterocycles. The third-order valence-corrected chi connectivity index (χ3v) is 1.61. The van der Waals surface area contributed by atoms with Gasteiger partial charge in [-0.25, -0.2) is 0 Å². The molecule has 0 saturated heterocycles. The van der Waals surface area contributed by atoms with Gasteiger partial charge in [0.05, 0.1) is 0 Å². The predicted octanol–water partition coefficient (Wildman–Crippen LogP) is 1.61. The Bertz CT molecular complexity index is 281. The van der Waals surface area contributed by atoms with Gasteiger partial charge in [0.15, 0.2) is 0 Å². The highest BCUT2D eigenvalue weighted by Gasteiger charge is 1.99. The van der Waals surface area contributed by atoms with Crippen LogP contribution in [0.5, 0.6) is 0 Å². The number of hydrogen-bond acceptors (Lipinski definition) is 1. The predicted molar refractivity (Wildman–Crippen MR) is 42.0 cm³/mol. The van der Waals surface area contributed by atoms with Gasteiger partial charge < -0.3 is 4.98 Å². The molecule has 2 heteroatoms. The lowest BCUT2D eigenvalue weighted by molar-refractivity contribution is 1.31. The Morgan fingerprint density at radius 2 is 2.50 bits per heavy atom. The summed E-state index contributed by atoms with van der Waals surface area (Å²) < 4.78 is 0. The fourth-order valence-corrected chi connectivity index (χ4v) is 1.08. The van der Waals surface area contributed by atoms with E-state index in [4.69, 9.17) is 0 Å². The van der Waals surface area contributed by atoms with Crippen LogP contribution >= 0.6 is 0 Å². The van der Waals surface area contributed by atoms with Crippen molar-refractivity contribution in [1.29, 1.82) is 0 Å². The van der Waals surface area contributed by atoms with E-state index in [2.05, 4.69) is 16.0 Å². The van der Waals surface area contributed by atoms with Gasteiger partial charge in [0, 0.05) is 30.7 Å². The van der Waals surface area contributed by atoms with E-state index < -0.39 is 0 Å². The molecule has 0 saturated carbocycles. The van der Waals surface area contributed by atoms with Gasteiger partial charge >= 0.3 is 0 Å². The largest absolute Gasteiger partial charge is 0.361 e. The summed E-state index contributed by atoms with van der Waals surface area (Å²) in [5.74, 6) is 0. The van der Waals surface area contributed by atoms with Crippen molar-refractivity contribution in [1.82, 2.24) is 4.98 Å². The second kappa shape index (κ2) is 2.14. The molecule has 0 aliphatic carbocycles. The number of aromatic amines is 1. The highest BCUT2D eigenvalue weighted by Crippen LogP contribution is 2.10. The Balaban J connectivity index is 2.50. The average Bonchev–Trinajstić information content (AvgIpc) is 2.28. The zero-order valence-electron chi connectivity index (χ0n) is 5.54. The topological polar surface area (TPSA) is 28.1 Å². The zero-order chi connectivity index (χ0) is 6.81. The van der Waals surface area contributed by atoms with Crippen molar-refractivity contribution < 1.29 is 0 Å². The van der Waals surface area contributed by atoms with E-state index in [9.17, 15) is 0 Å². The molecule has 0 aromatic carbocycles. The summed E-state index contributed by atoms with van der Waals surface area (Å²) in [5.41, 5.74) is 2.50. The number of nitrogens with one attached hydrogen (secondary N) is 1. The molecule has 0 spiro atoms. The van der Waals surface area contributed by atoms with E-state index in [0.29, 0.717) is 0 Å². The molecule has 10 heavy (non-hydrogen) atoms. The van der Waals surface area contributed by atoms with Crippen LogP contribution in [0.4, 0.5) is 0 Å². The van der Waals surface area contributed by atoms with E-state index >= 15 is 0 Å². The molecule has 50 valence electrons.